The van der Waals surface area contributed by atoms with Crippen LogP contribution < -0.4 is 10.2 Å². The van der Waals surface area contributed by atoms with E-state index in [2.05, 4.69) is 15.3 Å². The van der Waals surface area contributed by atoms with E-state index in [4.69, 9.17) is 28.0 Å². The molecule has 1 fully saturated rings. The lowest BCUT2D eigenvalue weighted by Gasteiger charge is -2.24. The average molecular weight is 528 g/mol. The number of fused-ring (bicyclic) bond motifs is 1. The lowest BCUT2D eigenvalue weighted by atomic mass is 10.1. The number of aromatic nitrogens is 2. The van der Waals surface area contributed by atoms with Gasteiger partial charge in [0.1, 0.15) is 16.5 Å². The normalized spacial score (nSPS) is 17.7. The van der Waals surface area contributed by atoms with Crippen LogP contribution in [0.4, 0.5) is 20.3 Å². The monoisotopic (exact) mass is 527 g/mol. The molecule has 2 N–H and O–H groups in total. The van der Waals surface area contributed by atoms with Gasteiger partial charge < -0.3 is 10.2 Å². The number of rotatable bonds is 4. The second-order valence-electron chi connectivity index (χ2n) is 8.20. The molecule has 0 spiro atoms. The summed E-state index contributed by atoms with van der Waals surface area (Å²) in [5.41, 5.74) is 0.335. The summed E-state index contributed by atoms with van der Waals surface area (Å²) in [7, 11) is -3.07. The van der Waals surface area contributed by atoms with Crippen LogP contribution in [-0.4, -0.2) is 45.4 Å². The van der Waals surface area contributed by atoms with Gasteiger partial charge in [0, 0.05) is 49.5 Å². The van der Waals surface area contributed by atoms with E-state index in [1.807, 2.05) is 0 Å². The molecule has 7 nitrogen and oxygen atoms in total. The maximum absolute atomic E-state index is 14.0. The number of hydrogen-bond donors (Lipinski definition) is 2. The number of carbonyl (C=O) groups excluding carboxylic acids is 1. The van der Waals surface area contributed by atoms with Crippen LogP contribution in [0.1, 0.15) is 29.8 Å². The molecule has 0 radical (unpaired) electrons. The molecule has 1 saturated heterocycles. The first kappa shape index (κ1) is 24.6. The van der Waals surface area contributed by atoms with Crippen molar-refractivity contribution in [1.29, 1.82) is 4.78 Å². The lowest BCUT2D eigenvalue weighted by Crippen LogP contribution is -2.27. The number of pyridine rings is 2. The van der Waals surface area contributed by atoms with Gasteiger partial charge in [0.2, 0.25) is 5.92 Å². The molecular weight excluding hydrogens is 507 g/mol. The number of halogens is 4. The molecular formula is C22H21Cl2F2N5O2S. The number of alkyl halides is 2. The van der Waals surface area contributed by atoms with Gasteiger partial charge in [-0.1, -0.05) is 23.2 Å². The summed E-state index contributed by atoms with van der Waals surface area (Å²) in [6.07, 6.45) is 2.32. The molecule has 1 aromatic carbocycles. The fourth-order valence-corrected chi connectivity index (χ4v) is 4.71. The fraction of sp³-hybridized carbons (Fsp3) is 0.318. The van der Waals surface area contributed by atoms with Crippen molar-refractivity contribution in [3.8, 4) is 0 Å². The van der Waals surface area contributed by atoms with E-state index < -0.39 is 21.6 Å². The number of anilines is 2. The van der Waals surface area contributed by atoms with Crippen molar-refractivity contribution in [3.05, 3.63) is 52.3 Å². The molecule has 1 atom stereocenters. The van der Waals surface area contributed by atoms with Crippen LogP contribution in [-0.2, 0) is 9.73 Å². The second-order valence-corrected chi connectivity index (χ2v) is 11.1. The number of benzene rings is 1. The third kappa shape index (κ3) is 5.39. The molecule has 0 bridgehead atoms. The molecule has 2 aromatic heterocycles. The van der Waals surface area contributed by atoms with Gasteiger partial charge in [-0.3, -0.25) is 4.79 Å². The Balaban J connectivity index is 1.75. The summed E-state index contributed by atoms with van der Waals surface area (Å²) in [5, 5.41) is 4.46. The Labute approximate surface area is 205 Å². The zero-order valence-electron chi connectivity index (χ0n) is 18.1. The minimum atomic E-state index is -3.07. The molecule has 0 aliphatic carbocycles. The summed E-state index contributed by atoms with van der Waals surface area (Å²) in [6.45, 7) is 0.424. The van der Waals surface area contributed by atoms with Crippen molar-refractivity contribution in [2.24, 2.45) is 0 Å². The quantitative estimate of drug-likeness (QED) is 0.443. The zero-order valence-corrected chi connectivity index (χ0v) is 20.4. The highest BCUT2D eigenvalue weighted by Gasteiger charge is 2.32. The van der Waals surface area contributed by atoms with E-state index in [0.717, 1.165) is 0 Å². The Kier molecular flexibility index (Phi) is 6.67. The van der Waals surface area contributed by atoms with Gasteiger partial charge in [0.05, 0.1) is 19.8 Å². The molecule has 1 aliphatic rings. The Bertz CT molecular complexity index is 1390. The Morgan fingerprint density at radius 3 is 2.65 bits per heavy atom. The summed E-state index contributed by atoms with van der Waals surface area (Å²) < 4.78 is 47.6. The number of amides is 1. The van der Waals surface area contributed by atoms with Gasteiger partial charge in [-0.15, -0.1) is 0 Å². The Hall–Kier alpha value is -2.56. The first-order valence-corrected chi connectivity index (χ1v) is 13.1. The van der Waals surface area contributed by atoms with Gasteiger partial charge in [0.15, 0.2) is 0 Å². The van der Waals surface area contributed by atoms with Gasteiger partial charge in [-0.05, 0) is 42.1 Å². The average Bonchev–Trinajstić information content (AvgIpc) is 2.94. The van der Waals surface area contributed by atoms with Crippen molar-refractivity contribution in [2.45, 2.75) is 30.2 Å². The van der Waals surface area contributed by atoms with Gasteiger partial charge in [0.25, 0.3) is 5.91 Å². The smallest absolute Gasteiger partial charge is 0.274 e. The largest absolute Gasteiger partial charge is 0.356 e. The van der Waals surface area contributed by atoms with Crippen LogP contribution in [0.2, 0.25) is 10.0 Å². The molecule has 0 saturated carbocycles. The maximum Gasteiger partial charge on any atom is 0.274 e. The van der Waals surface area contributed by atoms with Crippen molar-refractivity contribution < 1.29 is 17.8 Å². The molecule has 1 amide bonds. The molecule has 180 valence electrons. The van der Waals surface area contributed by atoms with Gasteiger partial charge in [-0.2, -0.15) is 0 Å². The van der Waals surface area contributed by atoms with E-state index in [1.54, 1.807) is 23.1 Å². The summed E-state index contributed by atoms with van der Waals surface area (Å²) >= 11 is 12.4. The SMILES string of the molecule is CS(=N)(=O)c1cc(NC(=O)c2cc3cc(Cl)c(Cl)cc3c(N3CCCC(F)(F)CC3)n2)ccn1. The number of carbonyl (C=O) groups is 1. The van der Waals surface area contributed by atoms with Crippen LogP contribution in [0.15, 0.2) is 41.6 Å². The molecule has 1 unspecified atom stereocenters. The molecule has 3 heterocycles. The van der Waals surface area contributed by atoms with E-state index in [9.17, 15) is 17.8 Å². The van der Waals surface area contributed by atoms with E-state index in [1.165, 1.54) is 24.6 Å². The topological polar surface area (TPSA) is 99.0 Å². The van der Waals surface area contributed by atoms with Crippen LogP contribution >= 0.6 is 23.2 Å². The van der Waals surface area contributed by atoms with Crippen LogP contribution in [0.3, 0.4) is 0 Å². The summed E-state index contributed by atoms with van der Waals surface area (Å²) in [6, 6.07) is 7.63. The fourth-order valence-electron chi connectivity index (χ4n) is 3.76. The third-order valence-corrected chi connectivity index (χ3v) is 7.24. The van der Waals surface area contributed by atoms with Crippen LogP contribution in [0.5, 0.6) is 0 Å². The van der Waals surface area contributed by atoms with Gasteiger partial charge in [-0.25, -0.2) is 27.7 Å². The zero-order chi connectivity index (χ0) is 24.7. The highest BCUT2D eigenvalue weighted by atomic mass is 35.5. The van der Waals surface area contributed by atoms with Gasteiger partial charge >= 0.3 is 0 Å². The highest BCUT2D eigenvalue weighted by Crippen LogP contribution is 2.36. The van der Waals surface area contributed by atoms with Crippen LogP contribution in [0.25, 0.3) is 10.8 Å². The third-order valence-electron chi connectivity index (χ3n) is 5.49. The molecule has 12 heteroatoms. The Morgan fingerprint density at radius 1 is 1.18 bits per heavy atom. The van der Waals surface area contributed by atoms with Crippen LogP contribution in [0, 0.1) is 4.78 Å². The Morgan fingerprint density at radius 2 is 1.91 bits per heavy atom. The van der Waals surface area contributed by atoms with Crippen molar-refractivity contribution in [3.63, 3.8) is 0 Å². The molecule has 34 heavy (non-hydrogen) atoms. The number of nitrogens with one attached hydrogen (secondary N) is 2. The van der Waals surface area contributed by atoms with E-state index >= 15 is 0 Å². The van der Waals surface area contributed by atoms with Crippen molar-refractivity contribution in [2.75, 3.05) is 29.6 Å². The maximum atomic E-state index is 14.0. The molecule has 4 rings (SSSR count). The molecule has 1 aliphatic heterocycles. The predicted molar refractivity (Wildman–Crippen MR) is 130 cm³/mol. The summed E-state index contributed by atoms with van der Waals surface area (Å²) in [4.78, 5) is 23.2. The number of nitrogens with zero attached hydrogens (tertiary/aromatic N) is 3. The van der Waals surface area contributed by atoms with E-state index in [0.29, 0.717) is 28.8 Å². The first-order valence-electron chi connectivity index (χ1n) is 10.4. The minimum absolute atomic E-state index is 0.0318. The lowest BCUT2D eigenvalue weighted by molar-refractivity contribution is -0.0102. The highest BCUT2D eigenvalue weighted by molar-refractivity contribution is 7.91. The second kappa shape index (κ2) is 9.24. The molecule has 3 aromatic rings. The minimum Gasteiger partial charge on any atom is -0.356 e. The van der Waals surface area contributed by atoms with Crippen molar-refractivity contribution in [1.82, 2.24) is 9.97 Å². The van der Waals surface area contributed by atoms with Crippen molar-refractivity contribution >= 4 is 61.1 Å². The van der Waals surface area contributed by atoms with E-state index in [-0.39, 0.29) is 46.6 Å². The number of hydrogen-bond acceptors (Lipinski definition) is 6. The summed E-state index contributed by atoms with van der Waals surface area (Å²) in [5.74, 6) is -2.95. The standard InChI is InChI=1S/C22H21Cl2F2N5O2S/c1-34(27,33)19-11-14(3-6-28-19)29-21(32)18-10-13-9-16(23)17(24)12-15(13)20(30-18)31-7-2-4-22(25,26)5-8-31/h3,6,9-12,27H,2,4-5,7-8H2,1H3,(H,28,29,32). The predicted octanol–water partition coefficient (Wildman–Crippen LogP) is 5.85. The first-order chi connectivity index (χ1) is 15.9.